The first-order valence-corrected chi connectivity index (χ1v) is 3.58. The van der Waals surface area contributed by atoms with E-state index in [1.165, 1.54) is 0 Å². The van der Waals surface area contributed by atoms with Crippen molar-refractivity contribution < 1.29 is 4.79 Å². The third-order valence-electron chi connectivity index (χ3n) is 1.25. The van der Waals surface area contributed by atoms with Crippen molar-refractivity contribution in [2.45, 2.75) is 13.8 Å². The van der Waals surface area contributed by atoms with Crippen LogP contribution in [0.4, 0.5) is 0 Å². The lowest BCUT2D eigenvalue weighted by Crippen LogP contribution is -2.29. The molecule has 0 radical (unpaired) electrons. The van der Waals surface area contributed by atoms with Crippen molar-refractivity contribution in [1.29, 1.82) is 0 Å². The van der Waals surface area contributed by atoms with Gasteiger partial charge in [-0.15, -0.1) is 6.58 Å². The molecule has 0 fully saturated rings. The average Bonchev–Trinajstić information content (AvgIpc) is 2.00. The normalized spacial score (nSPS) is 7.82. The summed E-state index contributed by atoms with van der Waals surface area (Å²) in [5.74, 6) is 4.91. The maximum absolute atomic E-state index is 11.1. The van der Waals surface area contributed by atoms with Crippen LogP contribution in [0.2, 0.25) is 0 Å². The minimum Gasteiger partial charge on any atom is -0.328 e. The molecule has 0 saturated carbocycles. The largest absolute Gasteiger partial charge is 0.328 e. The van der Waals surface area contributed by atoms with E-state index in [2.05, 4.69) is 18.4 Å². The van der Waals surface area contributed by atoms with Gasteiger partial charge in [0.25, 0.3) is 5.91 Å². The van der Waals surface area contributed by atoms with Crippen LogP contribution in [0.25, 0.3) is 0 Å². The van der Waals surface area contributed by atoms with Crippen molar-refractivity contribution in [3.05, 3.63) is 12.7 Å². The lowest BCUT2D eigenvalue weighted by molar-refractivity contribution is -0.124. The van der Waals surface area contributed by atoms with Gasteiger partial charge in [-0.1, -0.05) is 12.0 Å². The lowest BCUT2D eigenvalue weighted by Gasteiger charge is -2.14. The summed E-state index contributed by atoms with van der Waals surface area (Å²) in [6.45, 7) is 8.37. The summed E-state index contributed by atoms with van der Waals surface area (Å²) in [6, 6.07) is 0. The van der Waals surface area contributed by atoms with E-state index in [1.54, 1.807) is 17.9 Å². The van der Waals surface area contributed by atoms with Gasteiger partial charge in [-0.2, -0.15) is 0 Å². The van der Waals surface area contributed by atoms with Crippen molar-refractivity contribution >= 4 is 5.91 Å². The molecule has 0 unspecified atom stereocenters. The first kappa shape index (κ1) is 9.77. The molecule has 0 aliphatic rings. The number of hydrogen-bond acceptors (Lipinski definition) is 1. The van der Waals surface area contributed by atoms with Gasteiger partial charge < -0.3 is 4.90 Å². The van der Waals surface area contributed by atoms with Gasteiger partial charge >= 0.3 is 0 Å². The first-order valence-electron chi connectivity index (χ1n) is 3.58. The van der Waals surface area contributed by atoms with Gasteiger partial charge in [0.15, 0.2) is 0 Å². The van der Waals surface area contributed by atoms with Gasteiger partial charge in [-0.05, 0) is 19.8 Å². The highest BCUT2D eigenvalue weighted by molar-refractivity contribution is 5.93. The van der Waals surface area contributed by atoms with E-state index in [0.717, 1.165) is 0 Å². The van der Waals surface area contributed by atoms with Gasteiger partial charge in [-0.25, -0.2) is 0 Å². The third kappa shape index (κ3) is 3.47. The van der Waals surface area contributed by atoms with Crippen molar-refractivity contribution in [2.24, 2.45) is 0 Å². The zero-order valence-corrected chi connectivity index (χ0v) is 7.05. The average molecular weight is 151 g/mol. The fourth-order valence-electron chi connectivity index (χ4n) is 0.697. The Morgan fingerprint density at radius 1 is 1.73 bits per heavy atom. The number of nitrogens with zero attached hydrogens (tertiary/aromatic N) is 1. The molecule has 60 valence electrons. The van der Waals surface area contributed by atoms with Crippen LogP contribution in [0.1, 0.15) is 13.8 Å². The Hall–Kier alpha value is -1.23. The summed E-state index contributed by atoms with van der Waals surface area (Å²) in [7, 11) is 0. The standard InChI is InChI=1S/C9H13NO/c1-4-7-9(11)10(6-3)8-5-2/h5H,2,6,8H2,1,3H3. The molecule has 0 atom stereocenters. The molecule has 0 bridgehead atoms. The molecule has 0 saturated heterocycles. The zero-order valence-electron chi connectivity index (χ0n) is 7.05. The third-order valence-corrected chi connectivity index (χ3v) is 1.25. The SMILES string of the molecule is C=CCN(CC)C(=O)C#CC. The lowest BCUT2D eigenvalue weighted by atomic mass is 10.4. The van der Waals surface area contributed by atoms with E-state index >= 15 is 0 Å². The van der Waals surface area contributed by atoms with Crippen LogP contribution < -0.4 is 0 Å². The number of rotatable bonds is 3. The molecule has 0 N–H and O–H groups in total. The van der Waals surface area contributed by atoms with Gasteiger partial charge in [0.2, 0.25) is 0 Å². The van der Waals surface area contributed by atoms with Crippen LogP contribution in [-0.4, -0.2) is 23.9 Å². The highest BCUT2D eigenvalue weighted by Gasteiger charge is 2.04. The zero-order chi connectivity index (χ0) is 8.69. The predicted octanol–water partition coefficient (Wildman–Crippen LogP) is 1.04. The van der Waals surface area contributed by atoms with Gasteiger partial charge in [0, 0.05) is 13.1 Å². The molecule has 0 aliphatic heterocycles. The number of hydrogen-bond donors (Lipinski definition) is 0. The second kappa shape index (κ2) is 5.55. The molecule has 0 aliphatic carbocycles. The van der Waals surface area contributed by atoms with Crippen LogP contribution in [0.5, 0.6) is 0 Å². The van der Waals surface area contributed by atoms with E-state index < -0.39 is 0 Å². The van der Waals surface area contributed by atoms with Crippen LogP contribution in [0.3, 0.4) is 0 Å². The topological polar surface area (TPSA) is 20.3 Å². The number of likely N-dealkylation sites (N-methyl/N-ethyl adjacent to an activating group) is 1. The Morgan fingerprint density at radius 2 is 2.36 bits per heavy atom. The fourth-order valence-corrected chi connectivity index (χ4v) is 0.697. The summed E-state index contributed by atoms with van der Waals surface area (Å²) >= 11 is 0. The predicted molar refractivity (Wildman–Crippen MR) is 45.9 cm³/mol. The first-order chi connectivity index (χ1) is 5.26. The maximum atomic E-state index is 11.1. The van der Waals surface area contributed by atoms with Crippen molar-refractivity contribution in [2.75, 3.05) is 13.1 Å². The minimum atomic E-state index is -0.130. The Labute approximate surface area is 67.9 Å². The monoisotopic (exact) mass is 151 g/mol. The quantitative estimate of drug-likeness (QED) is 0.436. The molecule has 11 heavy (non-hydrogen) atoms. The summed E-state index contributed by atoms with van der Waals surface area (Å²) < 4.78 is 0. The molecule has 0 heterocycles. The Kier molecular flexibility index (Phi) is 4.93. The van der Waals surface area contributed by atoms with Gasteiger partial charge in [0.1, 0.15) is 0 Å². The van der Waals surface area contributed by atoms with Crippen molar-refractivity contribution in [3.63, 3.8) is 0 Å². The smallest absolute Gasteiger partial charge is 0.298 e. The highest BCUT2D eigenvalue weighted by atomic mass is 16.2. The van der Waals surface area contributed by atoms with Crippen LogP contribution in [0.15, 0.2) is 12.7 Å². The molecule has 0 aromatic carbocycles. The molecular formula is C9H13NO. The van der Waals surface area contributed by atoms with Crippen LogP contribution in [0, 0.1) is 11.8 Å². The molecule has 0 aromatic heterocycles. The highest BCUT2D eigenvalue weighted by Crippen LogP contribution is 1.87. The fraction of sp³-hybridized carbons (Fsp3) is 0.444. The molecular weight excluding hydrogens is 138 g/mol. The molecule has 2 heteroatoms. The summed E-state index contributed by atoms with van der Waals surface area (Å²) in [6.07, 6.45) is 1.69. The number of carbonyl (C=O) groups is 1. The van der Waals surface area contributed by atoms with E-state index in [4.69, 9.17) is 0 Å². The molecule has 1 amide bonds. The van der Waals surface area contributed by atoms with Gasteiger partial charge in [0.05, 0.1) is 0 Å². The summed E-state index contributed by atoms with van der Waals surface area (Å²) in [5.41, 5.74) is 0. The number of carbonyl (C=O) groups excluding carboxylic acids is 1. The molecule has 0 aromatic rings. The van der Waals surface area contributed by atoms with Crippen LogP contribution >= 0.6 is 0 Å². The second-order valence-corrected chi connectivity index (χ2v) is 2.01. The van der Waals surface area contributed by atoms with E-state index in [9.17, 15) is 4.79 Å². The molecule has 0 rings (SSSR count). The molecule has 0 spiro atoms. The molecule has 2 nitrogen and oxygen atoms in total. The van der Waals surface area contributed by atoms with E-state index in [1.807, 2.05) is 6.92 Å². The Balaban J connectivity index is 4.09. The van der Waals surface area contributed by atoms with E-state index in [-0.39, 0.29) is 5.91 Å². The van der Waals surface area contributed by atoms with Crippen molar-refractivity contribution in [3.8, 4) is 11.8 Å². The van der Waals surface area contributed by atoms with Gasteiger partial charge in [-0.3, -0.25) is 4.79 Å². The maximum Gasteiger partial charge on any atom is 0.298 e. The number of amides is 1. The second-order valence-electron chi connectivity index (χ2n) is 2.01. The summed E-state index contributed by atoms with van der Waals surface area (Å²) in [5, 5.41) is 0. The Bertz CT molecular complexity index is 197. The minimum absolute atomic E-state index is 0.130. The van der Waals surface area contributed by atoms with Crippen molar-refractivity contribution in [1.82, 2.24) is 4.90 Å². The summed E-state index contributed by atoms with van der Waals surface area (Å²) in [4.78, 5) is 12.7. The van der Waals surface area contributed by atoms with Crippen LogP contribution in [-0.2, 0) is 4.79 Å². The Morgan fingerprint density at radius 3 is 2.73 bits per heavy atom. The van der Waals surface area contributed by atoms with E-state index in [0.29, 0.717) is 13.1 Å².